The van der Waals surface area contributed by atoms with E-state index >= 15 is 0 Å². The van der Waals surface area contributed by atoms with Gasteiger partial charge in [0.15, 0.2) is 17.5 Å². The summed E-state index contributed by atoms with van der Waals surface area (Å²) in [5, 5.41) is 4.45. The molecule has 0 bridgehead atoms. The number of fused-ring (bicyclic) bond motifs is 6. The molecule has 0 saturated heterocycles. The minimum Gasteiger partial charge on any atom is -0.456 e. The van der Waals surface area contributed by atoms with E-state index in [-0.39, 0.29) is 71.2 Å². The number of nitrogens with zero attached hydrogens (tertiary/aromatic N) is 4. The van der Waals surface area contributed by atoms with Gasteiger partial charge in [-0.05, 0) is 69.9 Å². The van der Waals surface area contributed by atoms with E-state index in [0.29, 0.717) is 94.1 Å². The van der Waals surface area contributed by atoms with Crippen molar-refractivity contribution in [3.8, 4) is 51.0 Å². The molecule has 12 rings (SSSR count). The summed E-state index contributed by atoms with van der Waals surface area (Å²) in [7, 11) is 89.4. The quantitative estimate of drug-likeness (QED) is 0.148. The van der Waals surface area contributed by atoms with Gasteiger partial charge >= 0.3 is 0 Å². The Balaban J connectivity index is 1.20. The standard InChI is InChI=1S/C52H19B13N4O/c1-18-34(53)31-30-29(37(56)39(58)40(59)38(30)57)28-27(36(55)44(63)48-32(28)33(31)47(35(18)54)69(48)49-45(64)42(61)41(60)43(62)46(49)65)21-12-14-25-23(16-21)24-17-22(13-15-26(24)70-25)52-67-50(19-8-4-2-5-9-19)66-51(68-52)20-10-6-3-7-11-20/h2-17H,1H3. The number of hydrogen-bond acceptors (Lipinski definition) is 4. The summed E-state index contributed by atoms with van der Waals surface area (Å²) in [4.78, 5) is 14.8. The lowest BCUT2D eigenvalue weighted by atomic mass is 9.61. The maximum Gasteiger partial charge on any atom is 0.164 e. The Morgan fingerprint density at radius 2 is 0.771 bits per heavy atom. The third-order valence-electron chi connectivity index (χ3n) is 13.8. The molecular weight excluding hydrogens is 837 g/mol. The molecule has 0 atom stereocenters. The Morgan fingerprint density at radius 3 is 1.31 bits per heavy atom. The molecule has 292 valence electrons. The number of hydrogen-bond donors (Lipinski definition) is 0. The number of benzene rings is 9. The molecule has 70 heavy (non-hydrogen) atoms. The van der Waals surface area contributed by atoms with Gasteiger partial charge in [-0.3, -0.25) is 0 Å². The molecule has 0 aliphatic rings. The topological polar surface area (TPSA) is 56.7 Å². The van der Waals surface area contributed by atoms with Gasteiger partial charge in [-0.15, -0.1) is 27.3 Å². The second kappa shape index (κ2) is 15.9. The Hall–Kier alpha value is -6.79. The first-order valence-corrected chi connectivity index (χ1v) is 22.0. The Labute approximate surface area is 420 Å². The zero-order valence-corrected chi connectivity index (χ0v) is 37.4. The lowest BCUT2D eigenvalue weighted by Gasteiger charge is -2.25. The molecule has 0 spiro atoms. The van der Waals surface area contributed by atoms with Gasteiger partial charge in [0.2, 0.25) is 0 Å². The highest BCUT2D eigenvalue weighted by Crippen LogP contribution is 2.45. The highest BCUT2D eigenvalue weighted by Gasteiger charge is 2.31. The van der Waals surface area contributed by atoms with E-state index in [4.69, 9.17) is 121 Å². The number of aromatic nitrogens is 4. The second-order valence-corrected chi connectivity index (χ2v) is 17.6. The van der Waals surface area contributed by atoms with Crippen molar-refractivity contribution in [1.82, 2.24) is 19.5 Å². The van der Waals surface area contributed by atoms with Crippen LogP contribution in [0.3, 0.4) is 0 Å². The maximum atomic E-state index is 7.37. The summed E-state index contributed by atoms with van der Waals surface area (Å²) >= 11 is 0. The largest absolute Gasteiger partial charge is 0.456 e. The summed E-state index contributed by atoms with van der Waals surface area (Å²) in [6.07, 6.45) is 0. The Morgan fingerprint density at radius 1 is 0.357 bits per heavy atom. The summed E-state index contributed by atoms with van der Waals surface area (Å²) in [5.74, 6) is 1.53. The lowest BCUT2D eigenvalue weighted by molar-refractivity contribution is 0.669. The SMILES string of the molecule is [B]c1c([B])c([B])c(-n2c3c([B])c(C)c([B])c4c5c([B])c([B])c([B])c([B])c5c5c(-c6ccc7oc8ccc(-c9nc(-c%10ccccc%10)nc(-c%10ccccc%10)n9)cc8c7c6)c([B])c([B])c2c5c43)c([B])c1[B]. The molecule has 26 radical (unpaired) electrons. The minimum absolute atomic E-state index is 0.00537. The fourth-order valence-corrected chi connectivity index (χ4v) is 10.2. The Bertz CT molecular complexity index is 4200. The summed E-state index contributed by atoms with van der Waals surface area (Å²) in [5.41, 5.74) is 7.59. The van der Waals surface area contributed by atoms with E-state index in [2.05, 4.69) is 0 Å². The molecule has 3 heterocycles. The molecule has 0 amide bonds. The van der Waals surface area contributed by atoms with Gasteiger partial charge in [0.05, 0.1) is 0 Å². The van der Waals surface area contributed by atoms with E-state index in [1.165, 1.54) is 0 Å². The normalized spacial score (nSPS) is 12.0. The number of furan rings is 1. The number of rotatable bonds is 5. The van der Waals surface area contributed by atoms with Gasteiger partial charge in [0, 0.05) is 55.0 Å². The van der Waals surface area contributed by atoms with Crippen molar-refractivity contribution in [3.63, 3.8) is 0 Å². The summed E-state index contributed by atoms with van der Waals surface area (Å²) in [6.45, 7) is 1.78. The molecule has 9 aromatic carbocycles. The Kier molecular flexibility index (Phi) is 10.1. The van der Waals surface area contributed by atoms with Crippen LogP contribution in [0.25, 0.3) is 116 Å². The van der Waals surface area contributed by atoms with E-state index in [9.17, 15) is 0 Å². The molecule has 0 unspecified atom stereocenters. The van der Waals surface area contributed by atoms with E-state index in [0.717, 1.165) is 27.5 Å². The van der Waals surface area contributed by atoms with Crippen molar-refractivity contribution in [2.75, 3.05) is 0 Å². The minimum atomic E-state index is 0.00537. The van der Waals surface area contributed by atoms with Gasteiger partial charge in [-0.1, -0.05) is 116 Å². The van der Waals surface area contributed by atoms with Crippen molar-refractivity contribution in [1.29, 1.82) is 0 Å². The molecule has 0 N–H and O–H groups in total. The molecule has 0 aliphatic heterocycles. The van der Waals surface area contributed by atoms with Gasteiger partial charge in [0.25, 0.3) is 0 Å². The van der Waals surface area contributed by atoms with Gasteiger partial charge < -0.3 is 8.98 Å². The smallest absolute Gasteiger partial charge is 0.164 e. The molecule has 0 saturated carbocycles. The second-order valence-electron chi connectivity index (χ2n) is 17.6. The molecule has 3 aromatic heterocycles. The van der Waals surface area contributed by atoms with Crippen LogP contribution in [0.15, 0.2) is 101 Å². The van der Waals surface area contributed by atoms with Crippen LogP contribution in [0.1, 0.15) is 5.56 Å². The van der Waals surface area contributed by atoms with Crippen LogP contribution in [-0.2, 0) is 0 Å². The van der Waals surface area contributed by atoms with Crippen LogP contribution in [0.5, 0.6) is 0 Å². The van der Waals surface area contributed by atoms with Crippen molar-refractivity contribution in [3.05, 3.63) is 103 Å². The van der Waals surface area contributed by atoms with Crippen molar-refractivity contribution in [2.45, 2.75) is 6.92 Å². The van der Waals surface area contributed by atoms with E-state index in [1.807, 2.05) is 97.1 Å². The molecule has 12 aromatic rings. The molecule has 0 aliphatic carbocycles. The van der Waals surface area contributed by atoms with E-state index in [1.54, 1.807) is 11.5 Å². The summed E-state index contributed by atoms with van der Waals surface area (Å²) in [6, 6.07) is 31.1. The zero-order chi connectivity index (χ0) is 48.9. The maximum absolute atomic E-state index is 7.37. The monoisotopic (exact) mass is 858 g/mol. The third-order valence-corrected chi connectivity index (χ3v) is 13.8. The average molecular weight is 856 g/mol. The first-order chi connectivity index (χ1) is 33.6. The lowest BCUT2D eigenvalue weighted by Crippen LogP contribution is -2.56. The van der Waals surface area contributed by atoms with Crippen LogP contribution in [-0.4, -0.2) is 122 Å². The van der Waals surface area contributed by atoms with Gasteiger partial charge in [-0.2, -0.15) is 0 Å². The molecule has 18 heteroatoms. The molecule has 0 fully saturated rings. The predicted octanol–water partition coefficient (Wildman–Crippen LogP) is -2.09. The predicted molar refractivity (Wildman–Crippen MR) is 304 cm³/mol. The van der Waals surface area contributed by atoms with Crippen molar-refractivity contribution < 1.29 is 4.42 Å². The zero-order valence-electron chi connectivity index (χ0n) is 37.4. The van der Waals surface area contributed by atoms with Crippen LogP contribution in [0.2, 0.25) is 0 Å². The third kappa shape index (κ3) is 6.07. The fourth-order valence-electron chi connectivity index (χ4n) is 10.2. The first-order valence-electron chi connectivity index (χ1n) is 22.0. The van der Waals surface area contributed by atoms with Crippen molar-refractivity contribution in [2.24, 2.45) is 0 Å². The molecular formula is C52H19B13N4O. The van der Waals surface area contributed by atoms with Gasteiger partial charge in [-0.25, -0.2) is 15.0 Å². The van der Waals surface area contributed by atoms with Crippen molar-refractivity contribution >= 4 is 238 Å². The average Bonchev–Trinajstić information content (AvgIpc) is 3.93. The summed E-state index contributed by atoms with van der Waals surface area (Å²) < 4.78 is 8.17. The van der Waals surface area contributed by atoms with Crippen LogP contribution < -0.4 is 71.0 Å². The van der Waals surface area contributed by atoms with E-state index < -0.39 is 0 Å². The highest BCUT2D eigenvalue weighted by molar-refractivity contribution is 6.72. The molecule has 5 nitrogen and oxygen atoms in total. The van der Waals surface area contributed by atoms with Crippen LogP contribution in [0.4, 0.5) is 0 Å². The van der Waals surface area contributed by atoms with Gasteiger partial charge in [0.1, 0.15) is 113 Å². The highest BCUT2D eigenvalue weighted by atomic mass is 16.3. The van der Waals surface area contributed by atoms with Crippen LogP contribution >= 0.6 is 0 Å². The first kappa shape index (κ1) is 44.4. The van der Waals surface area contributed by atoms with Crippen LogP contribution in [0, 0.1) is 6.92 Å². The fraction of sp³-hybridized carbons (Fsp3) is 0.0192.